The van der Waals surface area contributed by atoms with Crippen LogP contribution in [0, 0.1) is 0 Å². The van der Waals surface area contributed by atoms with E-state index in [2.05, 4.69) is 23.2 Å². The number of thioether (sulfide) groups is 1. The molecule has 0 bridgehead atoms. The Kier molecular flexibility index (Phi) is 4.68. The number of thiazole rings is 1. The van der Waals surface area contributed by atoms with Gasteiger partial charge in [0.25, 0.3) is 0 Å². The molecule has 0 radical (unpaired) electrons. The van der Waals surface area contributed by atoms with Gasteiger partial charge < -0.3 is 4.74 Å². The SMILES string of the molecule is CCOc1ccc2nc(SCc3ccc(Cl)cc3)sc2c1. The van der Waals surface area contributed by atoms with Gasteiger partial charge in [-0.3, -0.25) is 0 Å². The van der Waals surface area contributed by atoms with Crippen molar-refractivity contribution in [2.45, 2.75) is 17.0 Å². The first-order valence-electron chi connectivity index (χ1n) is 6.65. The van der Waals surface area contributed by atoms with Crippen LogP contribution in [0.3, 0.4) is 0 Å². The first kappa shape index (κ1) is 14.7. The standard InChI is InChI=1S/C16H14ClNOS2/c1-2-19-13-7-8-14-15(9-13)21-16(18-14)20-10-11-3-5-12(17)6-4-11/h3-9H,2,10H2,1H3. The van der Waals surface area contributed by atoms with E-state index in [4.69, 9.17) is 16.3 Å². The van der Waals surface area contributed by atoms with Gasteiger partial charge in [-0.25, -0.2) is 4.98 Å². The van der Waals surface area contributed by atoms with E-state index in [1.165, 1.54) is 10.3 Å². The maximum absolute atomic E-state index is 5.89. The molecule has 0 amide bonds. The maximum Gasteiger partial charge on any atom is 0.151 e. The average Bonchev–Trinajstić information content (AvgIpc) is 2.89. The largest absolute Gasteiger partial charge is 0.494 e. The molecule has 0 aliphatic heterocycles. The van der Waals surface area contributed by atoms with Crippen LogP contribution in [-0.2, 0) is 5.75 Å². The van der Waals surface area contributed by atoms with Gasteiger partial charge in [0.1, 0.15) is 5.75 Å². The summed E-state index contributed by atoms with van der Waals surface area (Å²) >= 11 is 9.35. The zero-order valence-electron chi connectivity index (χ0n) is 11.5. The minimum Gasteiger partial charge on any atom is -0.494 e. The van der Waals surface area contributed by atoms with Gasteiger partial charge in [0.15, 0.2) is 4.34 Å². The zero-order valence-corrected chi connectivity index (χ0v) is 13.9. The van der Waals surface area contributed by atoms with E-state index in [0.29, 0.717) is 6.61 Å². The second-order valence-electron chi connectivity index (χ2n) is 4.46. The van der Waals surface area contributed by atoms with Gasteiger partial charge in [-0.1, -0.05) is 35.5 Å². The first-order valence-corrected chi connectivity index (χ1v) is 8.83. The lowest BCUT2D eigenvalue weighted by Gasteiger charge is -2.00. The Morgan fingerprint density at radius 3 is 2.76 bits per heavy atom. The molecule has 2 aromatic carbocycles. The molecule has 0 unspecified atom stereocenters. The topological polar surface area (TPSA) is 22.1 Å². The van der Waals surface area contributed by atoms with E-state index < -0.39 is 0 Å². The third-order valence-corrected chi connectivity index (χ3v) is 5.41. The van der Waals surface area contributed by atoms with Crippen molar-refractivity contribution >= 4 is 44.9 Å². The molecule has 108 valence electrons. The van der Waals surface area contributed by atoms with E-state index in [0.717, 1.165) is 26.4 Å². The van der Waals surface area contributed by atoms with Crippen molar-refractivity contribution in [1.82, 2.24) is 4.98 Å². The summed E-state index contributed by atoms with van der Waals surface area (Å²) in [5, 5.41) is 0.771. The Morgan fingerprint density at radius 1 is 1.19 bits per heavy atom. The van der Waals surface area contributed by atoms with Crippen molar-refractivity contribution in [3.8, 4) is 5.75 Å². The Hall–Kier alpha value is -1.23. The van der Waals surface area contributed by atoms with Crippen LogP contribution in [0.4, 0.5) is 0 Å². The van der Waals surface area contributed by atoms with Crippen molar-refractivity contribution in [3.63, 3.8) is 0 Å². The lowest BCUT2D eigenvalue weighted by atomic mass is 10.2. The van der Waals surface area contributed by atoms with Gasteiger partial charge in [0.05, 0.1) is 16.8 Å². The molecule has 21 heavy (non-hydrogen) atoms. The summed E-state index contributed by atoms with van der Waals surface area (Å²) in [6.07, 6.45) is 0. The van der Waals surface area contributed by atoms with Crippen LogP contribution in [0.25, 0.3) is 10.2 Å². The molecule has 3 rings (SSSR count). The quantitative estimate of drug-likeness (QED) is 0.563. The number of hydrogen-bond donors (Lipinski definition) is 0. The van der Waals surface area contributed by atoms with E-state index in [9.17, 15) is 0 Å². The van der Waals surface area contributed by atoms with Crippen molar-refractivity contribution in [1.29, 1.82) is 0 Å². The van der Waals surface area contributed by atoms with Gasteiger partial charge in [-0.05, 0) is 42.8 Å². The van der Waals surface area contributed by atoms with E-state index >= 15 is 0 Å². The minimum absolute atomic E-state index is 0.683. The summed E-state index contributed by atoms with van der Waals surface area (Å²) in [4.78, 5) is 4.65. The fraction of sp³-hybridized carbons (Fsp3) is 0.188. The highest BCUT2D eigenvalue weighted by atomic mass is 35.5. The van der Waals surface area contributed by atoms with Crippen molar-refractivity contribution < 1.29 is 4.74 Å². The van der Waals surface area contributed by atoms with Crippen LogP contribution in [0.15, 0.2) is 46.8 Å². The molecule has 0 saturated heterocycles. The fourth-order valence-corrected chi connectivity index (χ4v) is 4.11. The molecule has 1 aromatic heterocycles. The highest BCUT2D eigenvalue weighted by Gasteiger charge is 2.06. The predicted molar refractivity (Wildman–Crippen MR) is 91.8 cm³/mol. The summed E-state index contributed by atoms with van der Waals surface area (Å²) in [6, 6.07) is 14.0. The Balaban J connectivity index is 1.73. The molecular weight excluding hydrogens is 322 g/mol. The monoisotopic (exact) mass is 335 g/mol. The Bertz CT molecular complexity index is 740. The Labute approximate surface area is 137 Å². The number of aromatic nitrogens is 1. The smallest absolute Gasteiger partial charge is 0.151 e. The van der Waals surface area contributed by atoms with Crippen molar-refractivity contribution in [2.24, 2.45) is 0 Å². The highest BCUT2D eigenvalue weighted by molar-refractivity contribution is 8.00. The molecule has 1 heterocycles. The second-order valence-corrected chi connectivity index (χ2v) is 7.15. The molecule has 2 nitrogen and oxygen atoms in total. The molecule has 0 N–H and O–H groups in total. The third-order valence-electron chi connectivity index (χ3n) is 2.93. The number of ether oxygens (including phenoxy) is 1. The number of rotatable bonds is 5. The first-order chi connectivity index (χ1) is 10.2. The van der Waals surface area contributed by atoms with E-state index in [-0.39, 0.29) is 0 Å². The summed E-state index contributed by atoms with van der Waals surface area (Å²) in [7, 11) is 0. The molecule has 3 aromatic rings. The lowest BCUT2D eigenvalue weighted by Crippen LogP contribution is -1.89. The molecule has 0 atom stereocenters. The summed E-state index contributed by atoms with van der Waals surface area (Å²) < 4.78 is 7.77. The van der Waals surface area contributed by atoms with Crippen LogP contribution in [0.1, 0.15) is 12.5 Å². The molecular formula is C16H14ClNOS2. The van der Waals surface area contributed by atoms with Crippen LogP contribution < -0.4 is 4.74 Å². The number of fused-ring (bicyclic) bond motifs is 1. The van der Waals surface area contributed by atoms with Gasteiger partial charge in [-0.2, -0.15) is 0 Å². The molecule has 0 spiro atoms. The minimum atomic E-state index is 0.683. The fourth-order valence-electron chi connectivity index (χ4n) is 1.93. The van der Waals surface area contributed by atoms with Gasteiger partial charge in [0, 0.05) is 10.8 Å². The molecule has 0 saturated carbocycles. The zero-order chi connectivity index (χ0) is 14.7. The summed E-state index contributed by atoms with van der Waals surface area (Å²) in [6.45, 7) is 2.67. The van der Waals surface area contributed by atoms with Crippen LogP contribution in [-0.4, -0.2) is 11.6 Å². The van der Waals surface area contributed by atoms with Gasteiger partial charge in [0.2, 0.25) is 0 Å². The average molecular weight is 336 g/mol. The number of halogens is 1. The second kappa shape index (κ2) is 6.69. The number of hydrogen-bond acceptors (Lipinski definition) is 4. The van der Waals surface area contributed by atoms with Crippen molar-refractivity contribution in [3.05, 3.63) is 53.1 Å². The Morgan fingerprint density at radius 2 is 2.00 bits per heavy atom. The predicted octanol–water partition coefficient (Wildman–Crippen LogP) is 5.64. The van der Waals surface area contributed by atoms with E-state index in [1.807, 2.05) is 31.2 Å². The van der Waals surface area contributed by atoms with E-state index in [1.54, 1.807) is 23.1 Å². The third kappa shape index (κ3) is 3.70. The van der Waals surface area contributed by atoms with Crippen molar-refractivity contribution in [2.75, 3.05) is 6.61 Å². The van der Waals surface area contributed by atoms with Crippen LogP contribution in [0.5, 0.6) is 5.75 Å². The van der Waals surface area contributed by atoms with Crippen LogP contribution >= 0.6 is 34.7 Å². The summed E-state index contributed by atoms with van der Waals surface area (Å²) in [5.41, 5.74) is 2.28. The maximum atomic E-state index is 5.89. The normalized spacial score (nSPS) is 11.0. The number of nitrogens with zero attached hydrogens (tertiary/aromatic N) is 1. The molecule has 0 fully saturated rings. The summed E-state index contributed by atoms with van der Waals surface area (Å²) in [5.74, 6) is 1.80. The molecule has 0 aliphatic carbocycles. The van der Waals surface area contributed by atoms with Gasteiger partial charge in [-0.15, -0.1) is 11.3 Å². The molecule has 0 aliphatic rings. The number of benzene rings is 2. The lowest BCUT2D eigenvalue weighted by molar-refractivity contribution is 0.341. The molecule has 5 heteroatoms. The van der Waals surface area contributed by atoms with Crippen LogP contribution in [0.2, 0.25) is 5.02 Å². The highest BCUT2D eigenvalue weighted by Crippen LogP contribution is 2.33. The van der Waals surface area contributed by atoms with Gasteiger partial charge >= 0.3 is 0 Å².